The highest BCUT2D eigenvalue weighted by Crippen LogP contribution is 2.36. The van der Waals surface area contributed by atoms with E-state index < -0.39 is 67.1 Å². The second kappa shape index (κ2) is 12.0. The molecule has 0 bridgehead atoms. The molecule has 4 rings (SSSR count). The Morgan fingerprint density at radius 3 is 2.24 bits per heavy atom. The van der Waals surface area contributed by atoms with Crippen LogP contribution in [0.15, 0.2) is 59.6 Å². The van der Waals surface area contributed by atoms with Gasteiger partial charge in [0.25, 0.3) is 5.91 Å². The molecule has 7 nitrogen and oxygen atoms in total. The van der Waals surface area contributed by atoms with E-state index in [1.54, 1.807) is 54.6 Å². The molecule has 2 aliphatic rings. The molecule has 0 saturated heterocycles. The van der Waals surface area contributed by atoms with Crippen LogP contribution < -0.4 is 16.0 Å². The van der Waals surface area contributed by atoms with Gasteiger partial charge in [-0.2, -0.15) is 13.2 Å². The normalized spacial score (nSPS) is 19.1. The Morgan fingerprint density at radius 1 is 1.02 bits per heavy atom. The molecule has 2 aromatic rings. The summed E-state index contributed by atoms with van der Waals surface area (Å²) >= 11 is 0. The maximum absolute atomic E-state index is 14.2. The molecular formula is C29H31F5N4O3. The van der Waals surface area contributed by atoms with Gasteiger partial charge in [-0.05, 0) is 38.2 Å². The van der Waals surface area contributed by atoms with E-state index in [-0.39, 0.29) is 5.92 Å². The van der Waals surface area contributed by atoms with Gasteiger partial charge in [-0.15, -0.1) is 0 Å². The van der Waals surface area contributed by atoms with Crippen LogP contribution in [-0.2, 0) is 14.4 Å². The summed E-state index contributed by atoms with van der Waals surface area (Å²) in [5.41, 5.74) is 7.47. The lowest BCUT2D eigenvalue weighted by Crippen LogP contribution is -2.51. The van der Waals surface area contributed by atoms with E-state index in [4.69, 9.17) is 5.73 Å². The summed E-state index contributed by atoms with van der Waals surface area (Å²) in [5, 5.41) is 2.38. The third kappa shape index (κ3) is 7.89. The Hall–Kier alpha value is -3.83. The number of fused-ring (bicyclic) bond motifs is 1. The number of hydrogen-bond donors (Lipinski definition) is 2. The van der Waals surface area contributed by atoms with Crippen LogP contribution in [-0.4, -0.2) is 48.2 Å². The van der Waals surface area contributed by atoms with Crippen LogP contribution in [0, 0.1) is 17.8 Å². The summed E-state index contributed by atoms with van der Waals surface area (Å²) in [6.45, 7) is 0.831. The minimum absolute atomic E-state index is 0.231. The van der Waals surface area contributed by atoms with Crippen LogP contribution in [0.1, 0.15) is 50.2 Å². The van der Waals surface area contributed by atoms with Crippen molar-refractivity contribution in [2.45, 2.75) is 57.3 Å². The van der Waals surface area contributed by atoms with Gasteiger partial charge in [-0.3, -0.25) is 14.4 Å². The van der Waals surface area contributed by atoms with E-state index >= 15 is 0 Å². The van der Waals surface area contributed by atoms with E-state index in [9.17, 15) is 36.3 Å². The molecule has 3 N–H and O–H groups in total. The van der Waals surface area contributed by atoms with Crippen LogP contribution in [0.2, 0.25) is 0 Å². The number of nitrogens with zero attached hydrogens (tertiary/aromatic N) is 2. The number of amides is 3. The van der Waals surface area contributed by atoms with Crippen molar-refractivity contribution < 1.29 is 36.3 Å². The summed E-state index contributed by atoms with van der Waals surface area (Å²) in [5.74, 6) is -10.2. The van der Waals surface area contributed by atoms with Gasteiger partial charge in [0.2, 0.25) is 23.9 Å². The van der Waals surface area contributed by atoms with Gasteiger partial charge in [0, 0.05) is 36.4 Å². The molecule has 1 fully saturated rings. The van der Waals surface area contributed by atoms with Crippen molar-refractivity contribution in [3.05, 3.63) is 65.7 Å². The fourth-order valence-corrected chi connectivity index (χ4v) is 5.00. The zero-order chi connectivity index (χ0) is 29.9. The Bertz CT molecular complexity index is 1310. The number of benzodiazepines with no additional fused rings is 1. The second-order valence-corrected chi connectivity index (χ2v) is 10.7. The molecule has 1 aliphatic carbocycles. The summed E-state index contributed by atoms with van der Waals surface area (Å²) < 4.78 is 67.2. The number of anilines is 1. The van der Waals surface area contributed by atoms with E-state index in [1.807, 2.05) is 0 Å². The lowest BCUT2D eigenvalue weighted by molar-refractivity contribution is -0.148. The first kappa shape index (κ1) is 30.1. The minimum atomic E-state index is -4.70. The van der Waals surface area contributed by atoms with Gasteiger partial charge in [0.05, 0.1) is 17.3 Å². The zero-order valence-corrected chi connectivity index (χ0v) is 22.3. The van der Waals surface area contributed by atoms with Crippen molar-refractivity contribution >= 4 is 29.1 Å². The zero-order valence-electron chi connectivity index (χ0n) is 22.3. The van der Waals surface area contributed by atoms with E-state index in [1.165, 1.54) is 4.90 Å². The molecule has 0 aromatic heterocycles. The molecule has 3 atom stereocenters. The molecule has 3 unspecified atom stereocenters. The number of hydrogen-bond acceptors (Lipinski definition) is 4. The van der Waals surface area contributed by atoms with Gasteiger partial charge < -0.3 is 16.0 Å². The number of para-hydroxylation sites is 1. The number of aliphatic imine (C=N–C) groups is 1. The van der Waals surface area contributed by atoms with Gasteiger partial charge >= 0.3 is 6.18 Å². The molecule has 0 radical (unpaired) electrons. The molecule has 0 spiro atoms. The van der Waals surface area contributed by atoms with Crippen molar-refractivity contribution in [1.29, 1.82) is 0 Å². The van der Waals surface area contributed by atoms with E-state index in [0.29, 0.717) is 36.0 Å². The fourth-order valence-electron chi connectivity index (χ4n) is 5.00. The molecular weight excluding hydrogens is 547 g/mol. The van der Waals surface area contributed by atoms with Crippen molar-refractivity contribution in [2.75, 3.05) is 11.4 Å². The first-order chi connectivity index (χ1) is 19.2. The molecule has 1 heterocycles. The lowest BCUT2D eigenvalue weighted by atomic mass is 9.83. The Balaban J connectivity index is 1.74. The molecule has 3 amide bonds. The van der Waals surface area contributed by atoms with Crippen LogP contribution in [0.5, 0.6) is 0 Å². The third-order valence-electron chi connectivity index (χ3n) is 7.18. The molecule has 2 aromatic carbocycles. The summed E-state index contributed by atoms with van der Waals surface area (Å²) in [7, 11) is 0. The average Bonchev–Trinajstić information content (AvgIpc) is 3.72. The van der Waals surface area contributed by atoms with Crippen LogP contribution in [0.3, 0.4) is 0 Å². The lowest BCUT2D eigenvalue weighted by Gasteiger charge is -2.29. The number of nitrogens with two attached hydrogens (primary N) is 1. The summed E-state index contributed by atoms with van der Waals surface area (Å²) in [6.07, 6.45) is -8.18. The van der Waals surface area contributed by atoms with Crippen molar-refractivity contribution in [3.8, 4) is 0 Å². The molecule has 12 heteroatoms. The maximum Gasteiger partial charge on any atom is 0.389 e. The van der Waals surface area contributed by atoms with Gasteiger partial charge in [-0.1, -0.05) is 48.5 Å². The maximum atomic E-state index is 14.2. The number of primary amides is 1. The van der Waals surface area contributed by atoms with Gasteiger partial charge in [-0.25, -0.2) is 13.8 Å². The number of nitrogens with one attached hydrogen (secondary N) is 1. The Labute approximate surface area is 234 Å². The quantitative estimate of drug-likeness (QED) is 0.373. The minimum Gasteiger partial charge on any atom is -0.369 e. The predicted molar refractivity (Wildman–Crippen MR) is 142 cm³/mol. The highest BCUT2D eigenvalue weighted by Gasteiger charge is 2.43. The Kier molecular flexibility index (Phi) is 8.79. The highest BCUT2D eigenvalue weighted by molar-refractivity contribution is 6.20. The van der Waals surface area contributed by atoms with Crippen LogP contribution in [0.4, 0.5) is 27.6 Å². The first-order valence-electron chi connectivity index (χ1n) is 13.3. The number of halogens is 5. The van der Waals surface area contributed by atoms with E-state index in [2.05, 4.69) is 10.3 Å². The average molecular weight is 579 g/mol. The number of carbonyl (C=O) groups excluding carboxylic acids is 3. The SMILES string of the molecule is CC(F)(F)CC(C(=O)NC1N=C(c2ccccc2)c2ccccc2N(CC2CC2)C1=O)C(CCC(F)(F)F)C(N)=O. The third-order valence-corrected chi connectivity index (χ3v) is 7.18. The van der Waals surface area contributed by atoms with Crippen molar-refractivity contribution in [1.82, 2.24) is 5.32 Å². The van der Waals surface area contributed by atoms with Gasteiger partial charge in [0.1, 0.15) is 0 Å². The van der Waals surface area contributed by atoms with Crippen LogP contribution >= 0.6 is 0 Å². The number of alkyl halides is 5. The van der Waals surface area contributed by atoms with Crippen molar-refractivity contribution in [3.63, 3.8) is 0 Å². The number of carbonyl (C=O) groups is 3. The molecule has 1 aliphatic heterocycles. The number of rotatable bonds is 11. The van der Waals surface area contributed by atoms with Crippen LogP contribution in [0.25, 0.3) is 0 Å². The molecule has 220 valence electrons. The summed E-state index contributed by atoms with van der Waals surface area (Å²) in [6, 6.07) is 15.9. The fraction of sp³-hybridized carbons (Fsp3) is 0.448. The standard InChI is InChI=1S/C29H31F5N4O3/c1-28(30,31)15-21(19(24(35)39)13-14-29(32,33)34)26(40)37-25-27(41)38(16-17-11-12-17)22-10-6-5-9-20(22)23(36-25)18-7-3-2-4-8-18/h2-10,17,19,21,25H,11-16H2,1H3,(H2,35,39)(H,37,40). The topological polar surface area (TPSA) is 105 Å². The largest absolute Gasteiger partial charge is 0.389 e. The first-order valence-corrected chi connectivity index (χ1v) is 13.3. The monoisotopic (exact) mass is 578 g/mol. The second-order valence-electron chi connectivity index (χ2n) is 10.7. The predicted octanol–water partition coefficient (Wildman–Crippen LogP) is 4.83. The van der Waals surface area contributed by atoms with Crippen molar-refractivity contribution in [2.24, 2.45) is 28.5 Å². The highest BCUT2D eigenvalue weighted by atomic mass is 19.4. The Morgan fingerprint density at radius 2 is 1.66 bits per heavy atom. The summed E-state index contributed by atoms with van der Waals surface area (Å²) in [4.78, 5) is 45.6. The molecule has 1 saturated carbocycles. The smallest absolute Gasteiger partial charge is 0.369 e. The molecule has 41 heavy (non-hydrogen) atoms. The van der Waals surface area contributed by atoms with Gasteiger partial charge in [0.15, 0.2) is 0 Å². The number of benzene rings is 2. The van der Waals surface area contributed by atoms with E-state index in [0.717, 1.165) is 12.8 Å².